The van der Waals surface area contributed by atoms with Crippen LogP contribution >= 0.6 is 0 Å². The summed E-state index contributed by atoms with van der Waals surface area (Å²) < 4.78 is 5.35. The van der Waals surface area contributed by atoms with Crippen molar-refractivity contribution in [3.63, 3.8) is 0 Å². The average molecular weight is 501 g/mol. The number of fused-ring (bicyclic) bond motifs is 1. The summed E-state index contributed by atoms with van der Waals surface area (Å²) in [4.78, 5) is 28.5. The van der Waals surface area contributed by atoms with Crippen molar-refractivity contribution in [3.05, 3.63) is 29.8 Å². The van der Waals surface area contributed by atoms with E-state index in [1.807, 2.05) is 0 Å². The molecule has 0 aromatic heterocycles. The number of piperidine rings is 2. The van der Waals surface area contributed by atoms with Crippen LogP contribution in [0, 0.1) is 11.8 Å². The smallest absolute Gasteiger partial charge is 0.305 e. The second-order valence-corrected chi connectivity index (χ2v) is 10.9. The summed E-state index contributed by atoms with van der Waals surface area (Å²) in [6, 6.07) is 9.53. The molecule has 36 heavy (non-hydrogen) atoms. The molecule has 0 aliphatic carbocycles. The summed E-state index contributed by atoms with van der Waals surface area (Å²) in [5.74, 6) is 1.21. The van der Waals surface area contributed by atoms with E-state index in [0.29, 0.717) is 24.4 Å². The van der Waals surface area contributed by atoms with E-state index in [-0.39, 0.29) is 18.9 Å². The number of ether oxygens (including phenoxy) is 1. The topological polar surface area (TPSA) is 94.1 Å². The molecule has 8 nitrogen and oxygen atoms in total. The fourth-order valence-electron chi connectivity index (χ4n) is 6.27. The quantitative estimate of drug-likeness (QED) is 0.430. The van der Waals surface area contributed by atoms with Gasteiger partial charge in [0.1, 0.15) is 5.75 Å². The van der Waals surface area contributed by atoms with E-state index >= 15 is 0 Å². The highest BCUT2D eigenvalue weighted by Crippen LogP contribution is 2.31. The molecular formula is C28H44N4O4. The Kier molecular flexibility index (Phi) is 10.0. The molecule has 200 valence electrons. The van der Waals surface area contributed by atoms with Gasteiger partial charge < -0.3 is 20.5 Å². The van der Waals surface area contributed by atoms with Crippen molar-refractivity contribution in [1.29, 1.82) is 0 Å². The fraction of sp³-hybridized carbons (Fsp3) is 0.714. The monoisotopic (exact) mass is 500 g/mol. The van der Waals surface area contributed by atoms with Crippen LogP contribution in [0.15, 0.2) is 24.3 Å². The van der Waals surface area contributed by atoms with Gasteiger partial charge in [-0.25, -0.2) is 0 Å². The lowest BCUT2D eigenvalue weighted by molar-refractivity contribution is -0.136. The van der Waals surface area contributed by atoms with Crippen molar-refractivity contribution in [1.82, 2.24) is 20.4 Å². The fourth-order valence-corrected chi connectivity index (χ4v) is 6.27. The molecule has 3 fully saturated rings. The van der Waals surface area contributed by atoms with Crippen molar-refractivity contribution in [2.45, 2.75) is 63.5 Å². The minimum absolute atomic E-state index is 0.00865. The Labute approximate surface area is 215 Å². The number of piperazine rings is 1. The number of carbonyl (C=O) groups is 2. The van der Waals surface area contributed by atoms with Crippen LogP contribution in [-0.4, -0.2) is 91.8 Å². The first-order valence-corrected chi connectivity index (χ1v) is 13.8. The number of carboxylic acid groups (broad SMARTS) is 1. The number of benzene rings is 1. The summed E-state index contributed by atoms with van der Waals surface area (Å²) >= 11 is 0. The van der Waals surface area contributed by atoms with E-state index in [1.54, 1.807) is 7.11 Å². The number of aliphatic carboxylic acids is 1. The maximum absolute atomic E-state index is 12.4. The van der Waals surface area contributed by atoms with Crippen molar-refractivity contribution < 1.29 is 19.4 Å². The third-order valence-corrected chi connectivity index (χ3v) is 8.40. The van der Waals surface area contributed by atoms with E-state index in [2.05, 4.69) is 44.7 Å². The molecule has 1 aromatic carbocycles. The molecule has 1 aromatic rings. The van der Waals surface area contributed by atoms with Gasteiger partial charge in [0.05, 0.1) is 13.5 Å². The van der Waals surface area contributed by atoms with Crippen LogP contribution in [0.3, 0.4) is 0 Å². The molecule has 3 N–H and O–H groups in total. The molecule has 3 aliphatic heterocycles. The number of methoxy groups -OCH3 is 1. The Balaban J connectivity index is 1.35. The Morgan fingerprint density at radius 2 is 1.89 bits per heavy atom. The maximum atomic E-state index is 12.4. The lowest BCUT2D eigenvalue weighted by Gasteiger charge is -2.50. The first-order chi connectivity index (χ1) is 17.5. The average Bonchev–Trinajstić information content (AvgIpc) is 2.88. The molecule has 3 atom stereocenters. The van der Waals surface area contributed by atoms with Gasteiger partial charge in [-0.05, 0) is 94.2 Å². The molecular weight excluding hydrogens is 456 g/mol. The summed E-state index contributed by atoms with van der Waals surface area (Å²) in [5.41, 5.74) is 1.36. The van der Waals surface area contributed by atoms with Gasteiger partial charge in [0.2, 0.25) is 5.91 Å². The third-order valence-electron chi connectivity index (χ3n) is 8.40. The lowest BCUT2D eigenvalue weighted by Crippen LogP contribution is -2.61. The highest BCUT2D eigenvalue weighted by Gasteiger charge is 2.38. The highest BCUT2D eigenvalue weighted by atomic mass is 16.5. The van der Waals surface area contributed by atoms with Gasteiger partial charge in [0.15, 0.2) is 0 Å². The van der Waals surface area contributed by atoms with Gasteiger partial charge in [-0.15, -0.1) is 0 Å². The second-order valence-electron chi connectivity index (χ2n) is 10.9. The zero-order valence-corrected chi connectivity index (χ0v) is 21.8. The van der Waals surface area contributed by atoms with Crippen LogP contribution in [0.1, 0.15) is 50.5 Å². The molecule has 4 rings (SSSR count). The first-order valence-electron chi connectivity index (χ1n) is 13.8. The van der Waals surface area contributed by atoms with Crippen molar-refractivity contribution in [2.24, 2.45) is 11.8 Å². The number of nitrogens with zero attached hydrogens (tertiary/aromatic N) is 2. The number of hydrogen-bond acceptors (Lipinski definition) is 6. The molecule has 8 heteroatoms. The number of carboxylic acids is 1. The van der Waals surface area contributed by atoms with Crippen molar-refractivity contribution in [2.75, 3.05) is 52.9 Å². The summed E-state index contributed by atoms with van der Waals surface area (Å²) in [6.45, 7) is 6.85. The molecule has 3 heterocycles. The van der Waals surface area contributed by atoms with Crippen LogP contribution < -0.4 is 15.4 Å². The van der Waals surface area contributed by atoms with Gasteiger partial charge in [-0.1, -0.05) is 12.1 Å². The Morgan fingerprint density at radius 1 is 1.11 bits per heavy atom. The number of rotatable bonds is 11. The van der Waals surface area contributed by atoms with E-state index in [9.17, 15) is 9.59 Å². The molecule has 0 spiro atoms. The summed E-state index contributed by atoms with van der Waals surface area (Å²) in [7, 11) is 1.71. The number of carbonyl (C=O) groups excluding carboxylic acids is 1. The SMILES string of the molecule is COc1ccc(C[C@H]2CN3CCC(CC(=O)NCCC(=O)O)C[C@@H]3CN2CCC2CCNCC2)cc1. The van der Waals surface area contributed by atoms with Gasteiger partial charge in [0.25, 0.3) is 0 Å². The summed E-state index contributed by atoms with van der Waals surface area (Å²) in [5, 5.41) is 15.1. The van der Waals surface area contributed by atoms with Crippen LogP contribution in [0.2, 0.25) is 0 Å². The van der Waals surface area contributed by atoms with Gasteiger partial charge in [-0.3, -0.25) is 19.4 Å². The zero-order chi connectivity index (χ0) is 25.3. The standard InChI is InChI=1S/C28H44N4O4/c1-36-26-4-2-22(3-5-26)16-24-19-32-15-10-23(18-27(33)30-13-8-28(34)35)17-25(32)20-31(24)14-9-21-6-11-29-12-7-21/h2-5,21,23-25,29H,6-20H2,1H3,(H,30,33)(H,34,35)/t23?,24-,25+/m0/s1. The summed E-state index contributed by atoms with van der Waals surface area (Å²) in [6.07, 6.45) is 7.45. The minimum atomic E-state index is -0.875. The molecule has 1 amide bonds. The van der Waals surface area contributed by atoms with Crippen LogP contribution in [-0.2, 0) is 16.0 Å². The van der Waals surface area contributed by atoms with E-state index in [1.165, 1.54) is 24.8 Å². The normalized spacial score (nSPS) is 25.8. The molecule has 3 saturated heterocycles. The number of amides is 1. The van der Waals surface area contributed by atoms with E-state index in [0.717, 1.165) is 70.2 Å². The Hall–Kier alpha value is -2.16. The predicted molar refractivity (Wildman–Crippen MR) is 140 cm³/mol. The van der Waals surface area contributed by atoms with E-state index in [4.69, 9.17) is 9.84 Å². The van der Waals surface area contributed by atoms with Gasteiger partial charge in [-0.2, -0.15) is 0 Å². The van der Waals surface area contributed by atoms with Crippen molar-refractivity contribution in [3.8, 4) is 5.75 Å². The van der Waals surface area contributed by atoms with Crippen molar-refractivity contribution >= 4 is 11.9 Å². The second kappa shape index (κ2) is 13.4. The molecule has 0 radical (unpaired) electrons. The molecule has 1 unspecified atom stereocenters. The minimum Gasteiger partial charge on any atom is -0.497 e. The number of nitrogens with one attached hydrogen (secondary N) is 2. The predicted octanol–water partition coefficient (Wildman–Crippen LogP) is 2.37. The Bertz CT molecular complexity index is 842. The number of hydrogen-bond donors (Lipinski definition) is 3. The first kappa shape index (κ1) is 26.9. The zero-order valence-electron chi connectivity index (χ0n) is 21.8. The third kappa shape index (κ3) is 7.92. The molecule has 3 aliphatic rings. The van der Waals surface area contributed by atoms with Crippen LogP contribution in [0.5, 0.6) is 5.75 Å². The largest absolute Gasteiger partial charge is 0.497 e. The molecule has 0 bridgehead atoms. The van der Waals surface area contributed by atoms with Crippen LogP contribution in [0.4, 0.5) is 0 Å². The maximum Gasteiger partial charge on any atom is 0.305 e. The Morgan fingerprint density at radius 3 is 2.61 bits per heavy atom. The highest BCUT2D eigenvalue weighted by molar-refractivity contribution is 5.77. The van der Waals surface area contributed by atoms with E-state index < -0.39 is 5.97 Å². The van der Waals surface area contributed by atoms with Gasteiger partial charge >= 0.3 is 5.97 Å². The van der Waals surface area contributed by atoms with Gasteiger partial charge in [0, 0.05) is 38.1 Å². The lowest BCUT2D eigenvalue weighted by atomic mass is 9.85. The molecule has 0 saturated carbocycles. The van der Waals surface area contributed by atoms with Crippen LogP contribution in [0.25, 0.3) is 0 Å².